The van der Waals surface area contributed by atoms with Gasteiger partial charge in [-0.05, 0) is 60.2 Å². The number of aromatic amines is 1. The Kier molecular flexibility index (Phi) is 13.9. The summed E-state index contributed by atoms with van der Waals surface area (Å²) in [6.45, 7) is -0.942. The Hall–Kier alpha value is -3.28. The Morgan fingerprint density at radius 3 is 2.33 bits per heavy atom. The fraction of sp³-hybridized carbons (Fsp3) is 0.455. The highest BCUT2D eigenvalue weighted by Crippen LogP contribution is 2.39. The molecule has 2 fully saturated rings. The Bertz CT molecular complexity index is 1750. The van der Waals surface area contributed by atoms with Gasteiger partial charge in [-0.25, -0.2) is 18.2 Å². The summed E-state index contributed by atoms with van der Waals surface area (Å²) in [6.07, 6.45) is -1.56. The lowest BCUT2D eigenvalue weighted by molar-refractivity contribution is -0.377. The third kappa shape index (κ3) is 11.6. The van der Waals surface area contributed by atoms with Crippen molar-refractivity contribution in [2.75, 3.05) is 45.2 Å². The molecule has 2 heterocycles. The molecule has 280 valence electrons. The quantitative estimate of drug-likeness (QED) is 0.126. The molecule has 5 rings (SSSR count). The summed E-state index contributed by atoms with van der Waals surface area (Å²) >= 11 is 12.8. The summed E-state index contributed by atoms with van der Waals surface area (Å²) < 4.78 is 116. The first kappa shape index (κ1) is 40.5. The monoisotopic (exact) mass is 784 g/mol. The van der Waals surface area contributed by atoms with Gasteiger partial charge in [-0.15, -0.1) is 0 Å². The number of hydrogen-bond donors (Lipinski definition) is 0. The lowest BCUT2D eigenvalue weighted by Crippen LogP contribution is -2.39. The largest absolute Gasteiger partial charge is 0.870 e. The predicted molar refractivity (Wildman–Crippen MR) is 174 cm³/mol. The fourth-order valence-electron chi connectivity index (χ4n) is 5.32. The van der Waals surface area contributed by atoms with E-state index in [-0.39, 0.29) is 63.6 Å². The molecule has 51 heavy (non-hydrogen) atoms. The molecule has 3 aromatic rings. The van der Waals surface area contributed by atoms with Crippen molar-refractivity contribution in [3.63, 3.8) is 0 Å². The predicted octanol–water partition coefficient (Wildman–Crippen LogP) is 6.43. The molecule has 2 N–H and O–H groups in total. The van der Waals surface area contributed by atoms with Gasteiger partial charge >= 0.3 is 18.8 Å². The van der Waals surface area contributed by atoms with Gasteiger partial charge in [0, 0.05) is 31.6 Å². The fourth-order valence-corrected chi connectivity index (χ4v) is 7.25. The van der Waals surface area contributed by atoms with Gasteiger partial charge in [0.25, 0.3) is 0 Å². The number of carbonyl (C=O) groups excluding carboxylic acids is 1. The van der Waals surface area contributed by atoms with E-state index in [0.717, 1.165) is 25.0 Å². The third-order valence-electron chi connectivity index (χ3n) is 8.21. The number of carbonyl (C=O) groups is 1. The Morgan fingerprint density at radius 2 is 1.71 bits per heavy atom. The normalized spacial score (nSPS) is 16.0. The number of halogens is 7. The molecule has 0 unspecified atom stereocenters. The minimum absolute atomic E-state index is 0. The molecule has 0 spiro atoms. The molecule has 1 aliphatic carbocycles. The van der Waals surface area contributed by atoms with Gasteiger partial charge in [0.2, 0.25) is 0 Å². The zero-order valence-corrected chi connectivity index (χ0v) is 29.3. The minimum atomic E-state index is -4.91. The topological polar surface area (TPSA) is 136 Å². The van der Waals surface area contributed by atoms with Crippen molar-refractivity contribution < 1.29 is 64.6 Å². The van der Waals surface area contributed by atoms with Crippen LogP contribution in [0.15, 0.2) is 48.8 Å². The van der Waals surface area contributed by atoms with Gasteiger partial charge in [0.05, 0.1) is 42.5 Å². The van der Waals surface area contributed by atoms with E-state index in [1.165, 1.54) is 30.6 Å². The first-order valence-corrected chi connectivity index (χ1v) is 18.2. The van der Waals surface area contributed by atoms with E-state index in [2.05, 4.69) is 9.72 Å². The van der Waals surface area contributed by atoms with E-state index in [4.69, 9.17) is 37.4 Å². The van der Waals surface area contributed by atoms with Crippen LogP contribution in [0, 0.1) is 5.92 Å². The van der Waals surface area contributed by atoms with Crippen LogP contribution in [0.25, 0.3) is 0 Å². The highest BCUT2D eigenvalue weighted by molar-refractivity contribution is 7.90. The third-order valence-corrected chi connectivity index (χ3v) is 10.4. The Labute approximate surface area is 301 Å². The van der Waals surface area contributed by atoms with Crippen LogP contribution in [0.1, 0.15) is 51.6 Å². The van der Waals surface area contributed by atoms with Crippen molar-refractivity contribution in [2.24, 2.45) is 5.92 Å². The molecule has 1 saturated heterocycles. The summed E-state index contributed by atoms with van der Waals surface area (Å²) in [5.74, 6) is -2.47. The second kappa shape index (κ2) is 17.5. The molecule has 10 nitrogen and oxygen atoms in total. The zero-order valence-electron chi connectivity index (χ0n) is 26.9. The Balaban J connectivity index is 0.00000583. The van der Waals surface area contributed by atoms with Crippen LogP contribution in [-0.4, -0.2) is 76.6 Å². The molecule has 1 atom stereocenters. The van der Waals surface area contributed by atoms with Crippen LogP contribution in [0.3, 0.4) is 0 Å². The van der Waals surface area contributed by atoms with Crippen LogP contribution in [0.5, 0.6) is 11.5 Å². The van der Waals surface area contributed by atoms with Crippen LogP contribution in [-0.2, 0) is 37.7 Å². The highest BCUT2D eigenvalue weighted by Gasteiger charge is 2.35. The standard InChI is InChI=1S/C33H33Cl2F5N2O7S.H2O/c34-26-16-41-17-27(35)24(26)15-29(21-4-6-28(49-32(36)37)30(14-21)47-18-20-1-2-20)48-31(43)22-3-5-25(33(38,39)40)23(13-22)19-50(44,45)12-9-42-7-10-46-11-8-42;/h3-6,13-14,16-17,20,29,32H,1-2,7-12,15,18-19H2;1H2/t29-;/m0./s1. The van der Waals surface area contributed by atoms with E-state index in [1.54, 1.807) is 0 Å². The van der Waals surface area contributed by atoms with Gasteiger partial charge in [-0.1, -0.05) is 29.3 Å². The zero-order chi connectivity index (χ0) is 36.1. The maximum absolute atomic E-state index is 14.0. The van der Waals surface area contributed by atoms with E-state index in [0.29, 0.717) is 37.9 Å². The number of benzene rings is 2. The Morgan fingerprint density at radius 1 is 1.02 bits per heavy atom. The van der Waals surface area contributed by atoms with Crippen LogP contribution in [0.4, 0.5) is 22.0 Å². The SMILES string of the molecule is O=C(O[C@@H](Cc1c(Cl)c[nH+]cc1Cl)c1ccc(OC(F)F)c(OCC2CC2)c1)c1ccc(C(F)(F)F)c(CS(=O)(=O)CCN2CCOCC2)c1.[OH-]. The molecule has 2 aromatic carbocycles. The molecule has 2 aliphatic rings. The van der Waals surface area contributed by atoms with Crippen molar-refractivity contribution >= 4 is 39.0 Å². The van der Waals surface area contributed by atoms with Gasteiger partial charge in [0.15, 0.2) is 33.7 Å². The number of nitrogens with zero attached hydrogens (tertiary/aromatic N) is 1. The number of alkyl halides is 5. The molecule has 1 saturated carbocycles. The number of esters is 1. The van der Waals surface area contributed by atoms with Gasteiger partial charge in [0.1, 0.15) is 16.1 Å². The van der Waals surface area contributed by atoms with Gasteiger partial charge < -0.3 is 24.4 Å². The number of aromatic nitrogens is 1. The minimum Gasteiger partial charge on any atom is -0.870 e. The van der Waals surface area contributed by atoms with E-state index in [1.807, 2.05) is 4.90 Å². The molecule has 0 radical (unpaired) electrons. The van der Waals surface area contributed by atoms with E-state index in [9.17, 15) is 35.2 Å². The summed E-state index contributed by atoms with van der Waals surface area (Å²) in [7, 11) is -4.05. The number of H-pyrrole nitrogens is 1. The van der Waals surface area contributed by atoms with E-state index < -0.39 is 57.3 Å². The van der Waals surface area contributed by atoms with Crippen molar-refractivity contribution in [1.29, 1.82) is 0 Å². The highest BCUT2D eigenvalue weighted by atomic mass is 35.5. The summed E-state index contributed by atoms with van der Waals surface area (Å²) in [5.41, 5.74) is -1.56. The average molecular weight is 786 g/mol. The summed E-state index contributed by atoms with van der Waals surface area (Å²) in [5, 5.41) is 0.362. The van der Waals surface area contributed by atoms with E-state index >= 15 is 0 Å². The lowest BCUT2D eigenvalue weighted by atomic mass is 10.0. The maximum Gasteiger partial charge on any atom is 0.416 e. The number of hydrogen-bond acceptors (Lipinski definition) is 9. The van der Waals surface area contributed by atoms with Crippen molar-refractivity contribution in [3.05, 3.63) is 86.7 Å². The maximum atomic E-state index is 14.0. The first-order valence-electron chi connectivity index (χ1n) is 15.7. The first-order chi connectivity index (χ1) is 23.7. The molecule has 1 aromatic heterocycles. The van der Waals surface area contributed by atoms with Crippen LogP contribution in [0.2, 0.25) is 10.0 Å². The molecule has 1 aliphatic heterocycles. The molecule has 0 bridgehead atoms. The molecular formula is C33H35Cl2F5N2O8S. The smallest absolute Gasteiger partial charge is 0.416 e. The molecular weight excluding hydrogens is 750 g/mol. The van der Waals surface area contributed by atoms with Crippen molar-refractivity contribution in [2.45, 2.75) is 43.9 Å². The summed E-state index contributed by atoms with van der Waals surface area (Å²) in [6, 6.07) is 6.36. The number of sulfone groups is 1. The molecule has 18 heteroatoms. The number of pyridine rings is 1. The van der Waals surface area contributed by atoms with Crippen LogP contribution < -0.4 is 14.5 Å². The summed E-state index contributed by atoms with van der Waals surface area (Å²) in [4.78, 5) is 18.2. The number of morpholine rings is 1. The second-order valence-electron chi connectivity index (χ2n) is 12.0. The van der Waals surface area contributed by atoms with Crippen molar-refractivity contribution in [1.82, 2.24) is 4.90 Å². The van der Waals surface area contributed by atoms with Gasteiger partial charge in [-0.3, -0.25) is 4.90 Å². The average Bonchev–Trinajstić information content (AvgIpc) is 3.89. The van der Waals surface area contributed by atoms with Crippen molar-refractivity contribution in [3.8, 4) is 11.5 Å². The molecule has 0 amide bonds. The number of ether oxygens (including phenoxy) is 4. The van der Waals surface area contributed by atoms with Crippen LogP contribution >= 0.6 is 23.2 Å². The second-order valence-corrected chi connectivity index (χ2v) is 15.0. The lowest BCUT2D eigenvalue weighted by Gasteiger charge is -2.26. The van der Waals surface area contributed by atoms with Gasteiger partial charge in [-0.2, -0.15) is 22.0 Å². The number of nitrogens with one attached hydrogen (secondary N) is 1. The number of rotatable bonds is 15.